The number of carbonyl (C=O) groups excluding carboxylic acids is 1. The van der Waals surface area contributed by atoms with Gasteiger partial charge >= 0.3 is 6.03 Å². The first-order chi connectivity index (χ1) is 18.2. The number of anilines is 1. The Morgan fingerprint density at radius 2 is 1.92 bits per heavy atom. The van der Waals surface area contributed by atoms with E-state index in [9.17, 15) is 4.79 Å². The molecule has 1 fully saturated rings. The summed E-state index contributed by atoms with van der Waals surface area (Å²) in [6, 6.07) is 16.1. The number of piperidine rings is 1. The molecule has 0 radical (unpaired) electrons. The van der Waals surface area contributed by atoms with Gasteiger partial charge in [-0.15, -0.1) is 0 Å². The van der Waals surface area contributed by atoms with Gasteiger partial charge in [0.05, 0.1) is 18.3 Å². The van der Waals surface area contributed by atoms with Crippen LogP contribution in [0, 0.1) is 5.92 Å². The molecule has 2 aromatic carbocycles. The minimum atomic E-state index is -0.0362. The van der Waals surface area contributed by atoms with Gasteiger partial charge in [0.2, 0.25) is 0 Å². The average Bonchev–Trinajstić information content (AvgIpc) is 3.33. The van der Waals surface area contributed by atoms with Crippen LogP contribution < -0.4 is 10.1 Å². The lowest BCUT2D eigenvalue weighted by molar-refractivity contribution is 0.180. The van der Waals surface area contributed by atoms with Crippen LogP contribution in [0.5, 0.6) is 5.75 Å². The molecule has 0 bridgehead atoms. The smallest absolute Gasteiger partial charge is 0.321 e. The summed E-state index contributed by atoms with van der Waals surface area (Å²) in [5.74, 6) is 2.26. The van der Waals surface area contributed by atoms with Crippen LogP contribution in [0.15, 0.2) is 60.9 Å². The van der Waals surface area contributed by atoms with E-state index in [1.165, 1.54) is 28.5 Å². The van der Waals surface area contributed by atoms with Gasteiger partial charge in [-0.05, 0) is 73.9 Å². The normalized spacial score (nSPS) is 15.6. The lowest BCUT2D eigenvalue weighted by Crippen LogP contribution is -2.41. The zero-order chi connectivity index (χ0) is 25.2. The molecule has 6 rings (SSSR count). The van der Waals surface area contributed by atoms with Crippen molar-refractivity contribution in [3.05, 3.63) is 72.3 Å². The second kappa shape index (κ2) is 10.2. The average molecular weight is 496 g/mol. The van der Waals surface area contributed by atoms with E-state index in [2.05, 4.69) is 39.3 Å². The number of ether oxygens (including phenoxy) is 1. The fourth-order valence-electron chi connectivity index (χ4n) is 5.76. The maximum absolute atomic E-state index is 12.7. The second-order valence-electron chi connectivity index (χ2n) is 10.1. The summed E-state index contributed by atoms with van der Waals surface area (Å²) in [6.45, 7) is 2.62. The molecule has 2 aliphatic heterocycles. The maximum atomic E-state index is 12.7. The molecule has 0 atom stereocenters. The minimum absolute atomic E-state index is 0.0362. The Bertz CT molecular complexity index is 1400. The van der Waals surface area contributed by atoms with Gasteiger partial charge < -0.3 is 19.5 Å². The minimum Gasteiger partial charge on any atom is -0.497 e. The van der Waals surface area contributed by atoms with Crippen molar-refractivity contribution >= 4 is 22.6 Å². The molecule has 7 nitrogen and oxygen atoms in total. The van der Waals surface area contributed by atoms with E-state index < -0.39 is 0 Å². The Balaban J connectivity index is 1.05. The molecular formula is C30H33N5O2. The van der Waals surface area contributed by atoms with Gasteiger partial charge in [-0.25, -0.2) is 14.8 Å². The van der Waals surface area contributed by atoms with Crippen LogP contribution in [-0.4, -0.2) is 45.7 Å². The molecule has 190 valence electrons. The van der Waals surface area contributed by atoms with E-state index in [4.69, 9.17) is 9.72 Å². The molecule has 0 spiro atoms. The molecular weight excluding hydrogens is 462 g/mol. The number of likely N-dealkylation sites (tertiary alicyclic amines) is 1. The zero-order valence-corrected chi connectivity index (χ0v) is 21.3. The number of methoxy groups -OCH3 is 1. The number of amides is 2. The Morgan fingerprint density at radius 3 is 2.73 bits per heavy atom. The molecule has 0 aliphatic carbocycles. The molecule has 2 aromatic heterocycles. The molecule has 1 N–H and O–H groups in total. The monoisotopic (exact) mass is 495 g/mol. The van der Waals surface area contributed by atoms with Crippen LogP contribution >= 0.6 is 0 Å². The quantitative estimate of drug-likeness (QED) is 0.360. The van der Waals surface area contributed by atoms with Gasteiger partial charge in [-0.2, -0.15) is 0 Å². The molecule has 0 unspecified atom stereocenters. The lowest BCUT2D eigenvalue weighted by Gasteiger charge is -2.32. The van der Waals surface area contributed by atoms with Gasteiger partial charge in [0, 0.05) is 55.1 Å². The molecule has 2 amide bonds. The summed E-state index contributed by atoms with van der Waals surface area (Å²) in [5, 5.41) is 4.29. The van der Waals surface area contributed by atoms with E-state index in [1.807, 2.05) is 41.4 Å². The number of rotatable bonds is 6. The van der Waals surface area contributed by atoms with Crippen molar-refractivity contribution in [2.24, 2.45) is 5.92 Å². The van der Waals surface area contributed by atoms with Crippen LogP contribution in [0.2, 0.25) is 0 Å². The second-order valence-corrected chi connectivity index (χ2v) is 10.1. The van der Waals surface area contributed by atoms with Crippen LogP contribution in [0.4, 0.5) is 10.5 Å². The predicted octanol–water partition coefficient (Wildman–Crippen LogP) is 5.93. The highest BCUT2D eigenvalue weighted by Gasteiger charge is 2.23. The number of hydrogen-bond acceptors (Lipinski definition) is 4. The number of carbonyl (C=O) groups is 1. The number of urea groups is 1. The maximum Gasteiger partial charge on any atom is 0.321 e. The van der Waals surface area contributed by atoms with Crippen LogP contribution in [-0.2, 0) is 19.4 Å². The molecule has 2 aliphatic rings. The van der Waals surface area contributed by atoms with Gasteiger partial charge in [0.15, 0.2) is 0 Å². The van der Waals surface area contributed by atoms with Gasteiger partial charge in [0.1, 0.15) is 11.6 Å². The predicted molar refractivity (Wildman–Crippen MR) is 146 cm³/mol. The number of para-hydroxylation sites is 1. The Labute approximate surface area is 217 Å². The van der Waals surface area contributed by atoms with Crippen molar-refractivity contribution in [1.82, 2.24) is 19.4 Å². The number of nitrogens with zero attached hydrogens (tertiary/aromatic N) is 4. The third-order valence-corrected chi connectivity index (χ3v) is 7.83. The van der Waals surface area contributed by atoms with Crippen molar-refractivity contribution in [3.8, 4) is 17.0 Å². The first kappa shape index (κ1) is 23.5. The summed E-state index contributed by atoms with van der Waals surface area (Å²) in [6.07, 6.45) is 10.4. The molecule has 4 aromatic rings. The van der Waals surface area contributed by atoms with Gasteiger partial charge in [0.25, 0.3) is 0 Å². The Kier molecular flexibility index (Phi) is 6.51. The van der Waals surface area contributed by atoms with E-state index in [0.717, 1.165) is 74.7 Å². The van der Waals surface area contributed by atoms with E-state index in [-0.39, 0.29) is 6.03 Å². The lowest BCUT2D eigenvalue weighted by atomic mass is 9.92. The number of benzene rings is 2. The molecule has 0 saturated carbocycles. The number of aryl methyl sites for hydroxylation is 3. The van der Waals surface area contributed by atoms with Crippen LogP contribution in [0.3, 0.4) is 0 Å². The van der Waals surface area contributed by atoms with E-state index in [0.29, 0.717) is 5.92 Å². The van der Waals surface area contributed by atoms with Crippen molar-refractivity contribution in [2.45, 2.75) is 45.1 Å². The fraction of sp³-hybridized carbons (Fsp3) is 0.367. The first-order valence-corrected chi connectivity index (χ1v) is 13.3. The van der Waals surface area contributed by atoms with Crippen LogP contribution in [0.25, 0.3) is 22.2 Å². The highest BCUT2D eigenvalue weighted by molar-refractivity contribution is 5.97. The molecule has 4 heterocycles. The molecule has 7 heteroatoms. The summed E-state index contributed by atoms with van der Waals surface area (Å²) in [4.78, 5) is 24.2. The number of nitrogens with one attached hydrogen (secondary N) is 1. The van der Waals surface area contributed by atoms with Crippen molar-refractivity contribution in [2.75, 3.05) is 25.5 Å². The van der Waals surface area contributed by atoms with Gasteiger partial charge in [-0.1, -0.05) is 18.2 Å². The van der Waals surface area contributed by atoms with Crippen molar-refractivity contribution < 1.29 is 9.53 Å². The molecule has 37 heavy (non-hydrogen) atoms. The van der Waals surface area contributed by atoms with Gasteiger partial charge in [-0.3, -0.25) is 0 Å². The third-order valence-electron chi connectivity index (χ3n) is 7.83. The summed E-state index contributed by atoms with van der Waals surface area (Å²) < 4.78 is 7.58. The summed E-state index contributed by atoms with van der Waals surface area (Å²) in [7, 11) is 1.63. The summed E-state index contributed by atoms with van der Waals surface area (Å²) in [5.41, 5.74) is 5.81. The topological polar surface area (TPSA) is 72.3 Å². The fourth-order valence-corrected chi connectivity index (χ4v) is 5.76. The highest BCUT2D eigenvalue weighted by atomic mass is 16.5. The van der Waals surface area contributed by atoms with E-state index >= 15 is 0 Å². The number of hydrogen-bond donors (Lipinski definition) is 1. The standard InChI is InChI=1S/C30H33N5O2/c1-37-24-10-8-23(9-11-24)32-30(36)34-18-14-21(15-19-34)7-12-28-31-16-13-27(33-28)26-20-35-17-3-5-22-4-2-6-25(26)29(22)35/h2,4,6,8-11,13,16,20-21H,3,5,7,12,14-15,17-19H2,1H3,(H,32,36). The highest BCUT2D eigenvalue weighted by Crippen LogP contribution is 2.34. The third kappa shape index (κ3) is 4.90. The summed E-state index contributed by atoms with van der Waals surface area (Å²) >= 11 is 0. The first-order valence-electron chi connectivity index (χ1n) is 13.3. The zero-order valence-electron chi connectivity index (χ0n) is 21.3. The van der Waals surface area contributed by atoms with E-state index in [1.54, 1.807) is 7.11 Å². The number of aromatic nitrogens is 3. The van der Waals surface area contributed by atoms with Crippen LogP contribution in [0.1, 0.15) is 37.1 Å². The largest absolute Gasteiger partial charge is 0.497 e. The SMILES string of the molecule is COc1ccc(NC(=O)N2CCC(CCc3nccc(-c4cn5c6c(cccc46)CCC5)n3)CC2)cc1. The Hall–Kier alpha value is -3.87. The Morgan fingerprint density at radius 1 is 1.08 bits per heavy atom. The van der Waals surface area contributed by atoms with Crippen molar-refractivity contribution in [3.63, 3.8) is 0 Å². The molecule has 1 saturated heterocycles. The van der Waals surface area contributed by atoms with Crippen molar-refractivity contribution in [1.29, 1.82) is 0 Å².